The normalized spacial score (nSPS) is 26.4. The summed E-state index contributed by atoms with van der Waals surface area (Å²) in [5, 5.41) is 64.8. The Balaban J connectivity index is 1.97. The lowest BCUT2D eigenvalue weighted by Gasteiger charge is -2.44. The Morgan fingerprint density at radius 3 is 0.952 bits per heavy atom. The zero-order chi connectivity index (χ0) is 46.2. The van der Waals surface area contributed by atoms with E-state index in [1.165, 1.54) is 103 Å². The minimum atomic E-state index is -1.81. The molecule has 0 aromatic rings. The molecule has 0 spiro atoms. The van der Waals surface area contributed by atoms with Gasteiger partial charge < -0.3 is 54.3 Å². The van der Waals surface area contributed by atoms with Gasteiger partial charge in [-0.1, -0.05) is 182 Å². The van der Waals surface area contributed by atoms with E-state index in [-0.39, 0.29) is 24.7 Å². The number of rotatable bonds is 38. The van der Waals surface area contributed by atoms with Crippen molar-refractivity contribution in [3.63, 3.8) is 0 Å². The summed E-state index contributed by atoms with van der Waals surface area (Å²) in [6.45, 7) is 7.95. The maximum atomic E-state index is 13.1. The standard InChI is InChI=1S/C50H94O13/c1-5-9-13-17-21-25-29-37(30-26-22-18-14-10-6-2)33-41(51)59-35-39-43(53)45(55)47(57)49(61-39)63-50-48(58)46(56)44(54)40(62-50)36-60-42(52)34-38(31-27-23-19-15-11-7-3)32-28-24-20-16-12-8-4/h37-40,43-50,53-58H,5-36H2,1-4H3/t39?,40?,43-,44-,45-,46-,47?,48?,49-,50-/m0/s1. The first kappa shape index (κ1) is 57.7. The second-order valence-corrected chi connectivity index (χ2v) is 18.9. The Morgan fingerprint density at radius 2 is 0.667 bits per heavy atom. The molecule has 13 nitrogen and oxygen atoms in total. The Labute approximate surface area is 381 Å². The van der Waals surface area contributed by atoms with Gasteiger partial charge in [0.2, 0.25) is 0 Å². The highest BCUT2D eigenvalue weighted by atomic mass is 16.8. The topological polar surface area (TPSA) is 202 Å². The maximum Gasteiger partial charge on any atom is 0.306 e. The predicted octanol–water partition coefficient (Wildman–Crippen LogP) is 8.72. The van der Waals surface area contributed by atoms with E-state index in [0.717, 1.165) is 77.0 Å². The summed E-state index contributed by atoms with van der Waals surface area (Å²) >= 11 is 0. The molecular formula is C50H94O13. The fourth-order valence-electron chi connectivity index (χ4n) is 8.96. The maximum absolute atomic E-state index is 13.1. The van der Waals surface area contributed by atoms with Crippen LogP contribution in [0.15, 0.2) is 0 Å². The van der Waals surface area contributed by atoms with E-state index in [2.05, 4.69) is 27.7 Å². The van der Waals surface area contributed by atoms with Crippen molar-refractivity contribution in [1.29, 1.82) is 0 Å². The van der Waals surface area contributed by atoms with Crippen LogP contribution in [0.1, 0.15) is 220 Å². The van der Waals surface area contributed by atoms with Gasteiger partial charge in [0, 0.05) is 12.8 Å². The summed E-state index contributed by atoms with van der Waals surface area (Å²) < 4.78 is 28.5. The molecule has 0 bridgehead atoms. The second-order valence-electron chi connectivity index (χ2n) is 18.9. The van der Waals surface area contributed by atoms with E-state index in [4.69, 9.17) is 23.7 Å². The molecule has 10 atom stereocenters. The van der Waals surface area contributed by atoms with Crippen molar-refractivity contribution in [3.05, 3.63) is 0 Å². The molecule has 2 saturated heterocycles. The van der Waals surface area contributed by atoms with Gasteiger partial charge in [-0.25, -0.2) is 0 Å². The Bertz CT molecular complexity index is 1010. The molecule has 6 N–H and O–H groups in total. The zero-order valence-corrected chi connectivity index (χ0v) is 40.1. The van der Waals surface area contributed by atoms with Gasteiger partial charge in [-0.2, -0.15) is 0 Å². The number of carbonyl (C=O) groups is 2. The van der Waals surface area contributed by atoms with Crippen molar-refractivity contribution in [2.24, 2.45) is 11.8 Å². The van der Waals surface area contributed by atoms with Crippen LogP contribution < -0.4 is 0 Å². The number of aliphatic hydroxyl groups excluding tert-OH is 6. The molecule has 2 heterocycles. The van der Waals surface area contributed by atoms with Crippen LogP contribution in [0, 0.1) is 11.8 Å². The number of esters is 2. The quantitative estimate of drug-likeness (QED) is 0.0254. The van der Waals surface area contributed by atoms with E-state index in [0.29, 0.717) is 0 Å². The summed E-state index contributed by atoms with van der Waals surface area (Å²) in [6.07, 6.45) is 15.9. The average molecular weight is 903 g/mol. The third kappa shape index (κ3) is 24.3. The van der Waals surface area contributed by atoms with Crippen molar-refractivity contribution in [1.82, 2.24) is 0 Å². The number of ether oxygens (including phenoxy) is 5. The molecule has 0 radical (unpaired) electrons. The number of carbonyl (C=O) groups excluding carboxylic acids is 2. The fourth-order valence-corrected chi connectivity index (χ4v) is 8.96. The van der Waals surface area contributed by atoms with Crippen LogP contribution in [0.5, 0.6) is 0 Å². The molecule has 0 aromatic heterocycles. The van der Waals surface area contributed by atoms with Gasteiger partial charge in [-0.05, 0) is 37.5 Å². The molecule has 0 aliphatic carbocycles. The summed E-state index contributed by atoms with van der Waals surface area (Å²) in [7, 11) is 0. The molecule has 0 aromatic carbocycles. The van der Waals surface area contributed by atoms with Gasteiger partial charge in [0.15, 0.2) is 12.6 Å². The first-order valence-electron chi connectivity index (χ1n) is 25.8. The highest BCUT2D eigenvalue weighted by Gasteiger charge is 2.50. The van der Waals surface area contributed by atoms with Gasteiger partial charge in [-0.15, -0.1) is 0 Å². The van der Waals surface area contributed by atoms with Crippen molar-refractivity contribution in [2.75, 3.05) is 13.2 Å². The lowest BCUT2D eigenvalue weighted by molar-refractivity contribution is -0.376. The summed E-state index contributed by atoms with van der Waals surface area (Å²) in [5.74, 6) is -0.540. The minimum Gasteiger partial charge on any atom is -0.463 e. The molecule has 0 amide bonds. The molecule has 0 saturated carbocycles. The van der Waals surface area contributed by atoms with Crippen LogP contribution in [0.25, 0.3) is 0 Å². The largest absolute Gasteiger partial charge is 0.463 e. The molecule has 2 fully saturated rings. The lowest BCUT2D eigenvalue weighted by atomic mass is 9.91. The Kier molecular flexibility index (Phi) is 32.7. The molecule has 4 unspecified atom stereocenters. The molecule has 2 aliphatic heterocycles. The minimum absolute atomic E-state index is 0.172. The third-order valence-corrected chi connectivity index (χ3v) is 13.2. The molecular weight excluding hydrogens is 809 g/mol. The van der Waals surface area contributed by atoms with Crippen molar-refractivity contribution in [2.45, 2.75) is 282 Å². The van der Waals surface area contributed by atoms with E-state index >= 15 is 0 Å². The van der Waals surface area contributed by atoms with Crippen LogP contribution in [0.4, 0.5) is 0 Å². The van der Waals surface area contributed by atoms with Gasteiger partial charge in [0.1, 0.15) is 62.0 Å². The highest BCUT2D eigenvalue weighted by Crippen LogP contribution is 2.30. The van der Waals surface area contributed by atoms with Crippen molar-refractivity contribution < 1.29 is 63.9 Å². The van der Waals surface area contributed by atoms with Gasteiger partial charge >= 0.3 is 11.9 Å². The lowest BCUT2D eigenvalue weighted by Crippen LogP contribution is -2.64. The third-order valence-electron chi connectivity index (χ3n) is 13.2. The monoisotopic (exact) mass is 903 g/mol. The number of hydrogen-bond acceptors (Lipinski definition) is 13. The second kappa shape index (κ2) is 35.7. The molecule has 63 heavy (non-hydrogen) atoms. The van der Waals surface area contributed by atoms with E-state index in [1.807, 2.05) is 0 Å². The number of unbranched alkanes of at least 4 members (excludes halogenated alkanes) is 20. The molecule has 2 aliphatic rings. The summed E-state index contributed by atoms with van der Waals surface area (Å²) in [6, 6.07) is 0. The average Bonchev–Trinajstić information content (AvgIpc) is 3.27. The van der Waals surface area contributed by atoms with Crippen LogP contribution >= 0.6 is 0 Å². The Morgan fingerprint density at radius 1 is 0.397 bits per heavy atom. The van der Waals surface area contributed by atoms with Crippen LogP contribution in [-0.2, 0) is 33.3 Å². The van der Waals surface area contributed by atoms with Crippen LogP contribution in [0.3, 0.4) is 0 Å². The van der Waals surface area contributed by atoms with E-state index in [1.54, 1.807) is 0 Å². The van der Waals surface area contributed by atoms with Gasteiger partial charge in [0.05, 0.1) is 0 Å². The number of hydrogen-bond donors (Lipinski definition) is 6. The van der Waals surface area contributed by atoms with Crippen LogP contribution in [-0.4, -0.2) is 117 Å². The zero-order valence-electron chi connectivity index (χ0n) is 40.1. The van der Waals surface area contributed by atoms with Crippen molar-refractivity contribution >= 4 is 11.9 Å². The van der Waals surface area contributed by atoms with Crippen LogP contribution in [0.2, 0.25) is 0 Å². The summed E-state index contributed by atoms with van der Waals surface area (Å²) in [4.78, 5) is 26.3. The van der Waals surface area contributed by atoms with Crippen molar-refractivity contribution in [3.8, 4) is 0 Å². The molecule has 13 heteroatoms. The molecule has 2 rings (SSSR count). The first-order valence-corrected chi connectivity index (χ1v) is 25.8. The van der Waals surface area contributed by atoms with Gasteiger partial charge in [0.25, 0.3) is 0 Å². The smallest absolute Gasteiger partial charge is 0.306 e. The summed E-state index contributed by atoms with van der Waals surface area (Å²) in [5.41, 5.74) is 0. The first-order chi connectivity index (χ1) is 30.5. The van der Waals surface area contributed by atoms with Gasteiger partial charge in [-0.3, -0.25) is 9.59 Å². The fraction of sp³-hybridized carbons (Fsp3) is 0.960. The van der Waals surface area contributed by atoms with E-state index in [9.17, 15) is 40.2 Å². The number of aliphatic hydroxyl groups is 6. The SMILES string of the molecule is CCCCCCCCC(CCCCCCCC)CC(=O)OCC1O[C@@H](O[C@@H]2OC(COC(=O)CC(CCCCCCCC)CCCCCCCC)[C@H](O)[C@H](O)C2O)C(O)[C@@H](O)[C@H]1O. The Hall–Kier alpha value is -1.42. The highest BCUT2D eigenvalue weighted by molar-refractivity contribution is 5.70. The van der Waals surface area contributed by atoms with E-state index < -0.39 is 86.6 Å². The molecule has 372 valence electrons. The predicted molar refractivity (Wildman–Crippen MR) is 245 cm³/mol.